The van der Waals surface area contributed by atoms with Crippen LogP contribution in [0.3, 0.4) is 0 Å². The van der Waals surface area contributed by atoms with Crippen LogP contribution in [0.5, 0.6) is 0 Å². The molecule has 2 aliphatic rings. The molecule has 2 N–H and O–H groups in total. The fraction of sp³-hybridized carbons (Fsp3) is 0.500. The zero-order valence-corrected chi connectivity index (χ0v) is 13.5. The van der Waals surface area contributed by atoms with Crippen molar-refractivity contribution in [2.45, 2.75) is 12.5 Å². The van der Waals surface area contributed by atoms with Gasteiger partial charge in [0.25, 0.3) is 0 Å². The molecule has 1 atom stereocenters. The Balaban J connectivity index is 0.00000147. The van der Waals surface area contributed by atoms with Crippen molar-refractivity contribution in [1.29, 1.82) is 0 Å². The van der Waals surface area contributed by atoms with Gasteiger partial charge in [-0.05, 0) is 34.5 Å². The van der Waals surface area contributed by atoms with Gasteiger partial charge in [-0.1, -0.05) is 12.1 Å². The molecule has 4 nitrogen and oxygen atoms in total. The second-order valence-corrected chi connectivity index (χ2v) is 6.10. The minimum absolute atomic E-state index is 0. The molecule has 0 spiro atoms. The predicted molar refractivity (Wildman–Crippen MR) is 86.5 cm³/mol. The summed E-state index contributed by atoms with van der Waals surface area (Å²) in [4.78, 5) is 14.2. The van der Waals surface area contributed by atoms with Gasteiger partial charge in [0.2, 0.25) is 5.91 Å². The fourth-order valence-electron chi connectivity index (χ4n) is 2.60. The van der Waals surface area contributed by atoms with E-state index in [1.165, 1.54) is 5.69 Å². The maximum atomic E-state index is 11.9. The van der Waals surface area contributed by atoms with Crippen LogP contribution >= 0.6 is 28.3 Å². The van der Waals surface area contributed by atoms with Crippen LogP contribution < -0.4 is 15.5 Å². The van der Waals surface area contributed by atoms with E-state index in [1.807, 2.05) is 12.1 Å². The van der Waals surface area contributed by atoms with Gasteiger partial charge in [-0.3, -0.25) is 4.79 Å². The van der Waals surface area contributed by atoms with Crippen molar-refractivity contribution in [3.63, 3.8) is 0 Å². The largest absolute Gasteiger partial charge is 0.368 e. The van der Waals surface area contributed by atoms with Crippen molar-refractivity contribution >= 4 is 39.9 Å². The van der Waals surface area contributed by atoms with Gasteiger partial charge in [-0.25, -0.2) is 0 Å². The number of halogens is 2. The van der Waals surface area contributed by atoms with E-state index in [1.54, 1.807) is 0 Å². The van der Waals surface area contributed by atoms with E-state index in [2.05, 4.69) is 43.6 Å². The molecule has 1 amide bonds. The van der Waals surface area contributed by atoms with Gasteiger partial charge in [-0.15, -0.1) is 12.4 Å². The van der Waals surface area contributed by atoms with Crippen molar-refractivity contribution < 1.29 is 4.79 Å². The lowest BCUT2D eigenvalue weighted by atomic mass is 10.0. The molecule has 1 aromatic carbocycles. The van der Waals surface area contributed by atoms with Gasteiger partial charge in [0.05, 0.1) is 11.6 Å². The van der Waals surface area contributed by atoms with Crippen molar-refractivity contribution in [3.05, 3.63) is 28.7 Å². The number of nitrogens with one attached hydrogen (secondary N) is 2. The molecule has 2 saturated heterocycles. The summed E-state index contributed by atoms with van der Waals surface area (Å²) in [5.41, 5.74) is 1.21. The molecule has 0 radical (unpaired) electrons. The number of amides is 1. The standard InChI is InChI=1S/C14H18BrN3O.ClH/c15-12-3-1-2-4-13(12)18-6-5-11(9-18)17-14(19)10-7-16-8-10;/h1-4,10-11,16H,5-9H2,(H,17,19);1H. The second kappa shape index (κ2) is 6.78. The van der Waals surface area contributed by atoms with Crippen molar-refractivity contribution in [2.24, 2.45) is 5.92 Å². The number of anilines is 1. The lowest BCUT2D eigenvalue weighted by Crippen LogP contribution is -2.53. The third-order valence-corrected chi connectivity index (χ3v) is 4.55. The Bertz CT molecular complexity index is 481. The number of carbonyl (C=O) groups is 1. The van der Waals surface area contributed by atoms with Gasteiger partial charge in [-0.2, -0.15) is 0 Å². The van der Waals surface area contributed by atoms with E-state index in [4.69, 9.17) is 0 Å². The first kappa shape index (κ1) is 15.6. The number of hydrogen-bond acceptors (Lipinski definition) is 3. The molecule has 6 heteroatoms. The first-order chi connectivity index (χ1) is 9.24. The van der Waals surface area contributed by atoms with Crippen LogP contribution in [0.4, 0.5) is 5.69 Å². The second-order valence-electron chi connectivity index (χ2n) is 5.25. The first-order valence-corrected chi connectivity index (χ1v) is 7.54. The Hall–Kier alpha value is -0.780. The van der Waals surface area contributed by atoms with Gasteiger partial charge >= 0.3 is 0 Å². The monoisotopic (exact) mass is 359 g/mol. The minimum atomic E-state index is 0. The zero-order chi connectivity index (χ0) is 13.2. The Morgan fingerprint density at radius 3 is 2.75 bits per heavy atom. The highest BCUT2D eigenvalue weighted by molar-refractivity contribution is 9.10. The number of hydrogen-bond donors (Lipinski definition) is 2. The van der Waals surface area contributed by atoms with Crippen LogP contribution in [0.25, 0.3) is 0 Å². The number of carbonyl (C=O) groups excluding carboxylic acids is 1. The topological polar surface area (TPSA) is 44.4 Å². The maximum Gasteiger partial charge on any atom is 0.225 e. The third kappa shape index (κ3) is 3.27. The van der Waals surface area contributed by atoms with E-state index in [0.717, 1.165) is 37.1 Å². The van der Waals surface area contributed by atoms with E-state index in [9.17, 15) is 4.79 Å². The Labute approximate surface area is 133 Å². The molecule has 0 aliphatic carbocycles. The number of para-hydroxylation sites is 1. The molecule has 0 aromatic heterocycles. The van der Waals surface area contributed by atoms with Crippen LogP contribution in [0.15, 0.2) is 28.7 Å². The number of nitrogens with zero attached hydrogens (tertiary/aromatic N) is 1. The molecule has 2 aliphatic heterocycles. The summed E-state index contributed by atoms with van der Waals surface area (Å²) in [5, 5.41) is 6.30. The summed E-state index contributed by atoms with van der Waals surface area (Å²) in [7, 11) is 0. The van der Waals surface area contributed by atoms with Gasteiger partial charge in [0.1, 0.15) is 0 Å². The molecule has 0 bridgehead atoms. The predicted octanol–water partition coefficient (Wildman–Crippen LogP) is 1.79. The summed E-state index contributed by atoms with van der Waals surface area (Å²) in [6, 6.07) is 8.52. The van der Waals surface area contributed by atoms with Crippen molar-refractivity contribution in [3.8, 4) is 0 Å². The fourth-order valence-corrected chi connectivity index (χ4v) is 3.13. The summed E-state index contributed by atoms with van der Waals surface area (Å²) in [5.74, 6) is 0.384. The van der Waals surface area contributed by atoms with E-state index < -0.39 is 0 Å². The Kier molecular flexibility index (Phi) is 5.29. The maximum absolute atomic E-state index is 11.9. The summed E-state index contributed by atoms with van der Waals surface area (Å²) in [6.07, 6.45) is 1.02. The molecule has 110 valence electrons. The molecular formula is C14H19BrClN3O. The lowest BCUT2D eigenvalue weighted by Gasteiger charge is -2.27. The van der Waals surface area contributed by atoms with Crippen molar-refractivity contribution in [2.75, 3.05) is 31.1 Å². The van der Waals surface area contributed by atoms with Gasteiger partial charge < -0.3 is 15.5 Å². The SMILES string of the molecule is Cl.O=C(NC1CCN(c2ccccc2Br)C1)C1CNC1. The summed E-state index contributed by atoms with van der Waals surface area (Å²) < 4.78 is 1.12. The smallest absolute Gasteiger partial charge is 0.225 e. The van der Waals surface area contributed by atoms with Crippen LogP contribution in [0, 0.1) is 5.92 Å². The highest BCUT2D eigenvalue weighted by atomic mass is 79.9. The molecule has 1 aromatic rings. The van der Waals surface area contributed by atoms with Crippen LogP contribution in [-0.4, -0.2) is 38.1 Å². The van der Waals surface area contributed by atoms with Crippen LogP contribution in [-0.2, 0) is 4.79 Å². The normalized spacial score (nSPS) is 22.1. The van der Waals surface area contributed by atoms with Crippen LogP contribution in [0.2, 0.25) is 0 Å². The zero-order valence-electron chi connectivity index (χ0n) is 11.1. The number of benzene rings is 1. The van der Waals surface area contributed by atoms with E-state index in [-0.39, 0.29) is 30.3 Å². The average Bonchev–Trinajstić information content (AvgIpc) is 2.75. The summed E-state index contributed by atoms with van der Waals surface area (Å²) in [6.45, 7) is 3.55. The Morgan fingerprint density at radius 1 is 1.35 bits per heavy atom. The molecule has 2 heterocycles. The van der Waals surface area contributed by atoms with Gasteiger partial charge in [0.15, 0.2) is 0 Å². The van der Waals surface area contributed by atoms with Crippen LogP contribution in [0.1, 0.15) is 6.42 Å². The molecule has 1 unspecified atom stereocenters. The Morgan fingerprint density at radius 2 is 2.10 bits per heavy atom. The average molecular weight is 361 g/mol. The first-order valence-electron chi connectivity index (χ1n) is 6.74. The highest BCUT2D eigenvalue weighted by Gasteiger charge is 2.30. The highest BCUT2D eigenvalue weighted by Crippen LogP contribution is 2.28. The molecule has 2 fully saturated rings. The summed E-state index contributed by atoms with van der Waals surface area (Å²) >= 11 is 3.58. The quantitative estimate of drug-likeness (QED) is 0.864. The molecular weight excluding hydrogens is 342 g/mol. The van der Waals surface area contributed by atoms with E-state index >= 15 is 0 Å². The van der Waals surface area contributed by atoms with Gasteiger partial charge in [0, 0.05) is 36.7 Å². The van der Waals surface area contributed by atoms with Crippen molar-refractivity contribution in [1.82, 2.24) is 10.6 Å². The molecule has 3 rings (SSSR count). The molecule has 20 heavy (non-hydrogen) atoms. The minimum Gasteiger partial charge on any atom is -0.368 e. The van der Waals surface area contributed by atoms with E-state index in [0.29, 0.717) is 0 Å². The lowest BCUT2D eigenvalue weighted by molar-refractivity contribution is -0.127. The third-order valence-electron chi connectivity index (χ3n) is 3.88. The molecule has 0 saturated carbocycles. The number of rotatable bonds is 3.